The molecule has 1 aromatic heterocycles. The molecule has 1 amide bonds. The number of amides is 1. The first-order valence-corrected chi connectivity index (χ1v) is 8.13. The normalized spacial score (nSPS) is 27.3. The molecule has 1 fully saturated rings. The number of rotatable bonds is 3. The predicted octanol–water partition coefficient (Wildman–Crippen LogP) is 3.68. The van der Waals surface area contributed by atoms with Crippen LogP contribution in [0.25, 0.3) is 0 Å². The maximum Gasteiger partial charge on any atom is 0.263 e. The Morgan fingerprint density at radius 3 is 2.84 bits per heavy atom. The molecule has 2 rings (SSSR count). The second-order valence-corrected chi connectivity index (χ2v) is 7.19. The molecule has 106 valence electrons. The summed E-state index contributed by atoms with van der Waals surface area (Å²) in [4.78, 5) is 17.5. The van der Waals surface area contributed by atoms with Gasteiger partial charge in [0.05, 0.1) is 16.2 Å². The van der Waals surface area contributed by atoms with Crippen LogP contribution in [-0.4, -0.2) is 22.3 Å². The van der Waals surface area contributed by atoms with Crippen LogP contribution in [0.1, 0.15) is 53.0 Å². The van der Waals surface area contributed by atoms with E-state index in [1.165, 1.54) is 17.8 Å². The number of alkyl halides is 1. The molecule has 5 heteroatoms. The number of hydrogen-bond acceptors (Lipinski definition) is 3. The molecule has 0 bridgehead atoms. The van der Waals surface area contributed by atoms with Gasteiger partial charge in [0.15, 0.2) is 0 Å². The van der Waals surface area contributed by atoms with Gasteiger partial charge in [-0.05, 0) is 32.6 Å². The van der Waals surface area contributed by atoms with Crippen molar-refractivity contribution in [2.75, 3.05) is 5.88 Å². The predicted molar refractivity (Wildman–Crippen MR) is 80.1 cm³/mol. The van der Waals surface area contributed by atoms with Gasteiger partial charge in [0, 0.05) is 5.88 Å². The highest BCUT2D eigenvalue weighted by molar-refractivity contribution is 7.13. The summed E-state index contributed by atoms with van der Waals surface area (Å²) in [6, 6.07) is 0. The topological polar surface area (TPSA) is 42.0 Å². The van der Waals surface area contributed by atoms with Crippen molar-refractivity contribution in [3.8, 4) is 0 Å². The molecule has 0 radical (unpaired) electrons. The molecule has 1 aromatic rings. The lowest BCUT2D eigenvalue weighted by atomic mass is 9.77. The number of halogens is 1. The fraction of sp³-hybridized carbons (Fsp3) is 0.714. The first kappa shape index (κ1) is 14.8. The summed E-state index contributed by atoms with van der Waals surface area (Å²) in [5.74, 6) is 1.09. The van der Waals surface area contributed by atoms with Crippen LogP contribution in [0.4, 0.5) is 0 Å². The van der Waals surface area contributed by atoms with Crippen molar-refractivity contribution in [1.82, 2.24) is 10.3 Å². The number of carbonyl (C=O) groups is 1. The second-order valence-electron chi connectivity index (χ2n) is 5.72. The molecule has 1 N–H and O–H groups in total. The van der Waals surface area contributed by atoms with Crippen LogP contribution in [0, 0.1) is 19.8 Å². The van der Waals surface area contributed by atoms with E-state index in [1.54, 1.807) is 0 Å². The van der Waals surface area contributed by atoms with Gasteiger partial charge in [-0.1, -0.05) is 19.8 Å². The van der Waals surface area contributed by atoms with E-state index in [4.69, 9.17) is 11.6 Å². The monoisotopic (exact) mass is 300 g/mol. The summed E-state index contributed by atoms with van der Waals surface area (Å²) in [7, 11) is 0. The number of hydrogen-bond donors (Lipinski definition) is 1. The lowest BCUT2D eigenvalue weighted by Gasteiger charge is -2.39. The fourth-order valence-electron chi connectivity index (χ4n) is 2.97. The van der Waals surface area contributed by atoms with E-state index in [9.17, 15) is 4.79 Å². The van der Waals surface area contributed by atoms with Gasteiger partial charge in [-0.3, -0.25) is 4.79 Å². The van der Waals surface area contributed by atoms with Crippen molar-refractivity contribution in [2.24, 2.45) is 5.92 Å². The van der Waals surface area contributed by atoms with Crippen molar-refractivity contribution >= 4 is 28.8 Å². The summed E-state index contributed by atoms with van der Waals surface area (Å²) in [5, 5.41) is 4.11. The van der Waals surface area contributed by atoms with Gasteiger partial charge in [-0.2, -0.15) is 0 Å². The Balaban J connectivity index is 2.14. The number of nitrogens with zero attached hydrogens (tertiary/aromatic N) is 1. The van der Waals surface area contributed by atoms with Crippen molar-refractivity contribution < 1.29 is 4.79 Å². The first-order chi connectivity index (χ1) is 8.96. The Hall–Kier alpha value is -0.610. The lowest BCUT2D eigenvalue weighted by molar-refractivity contribution is 0.0870. The van der Waals surface area contributed by atoms with E-state index in [0.717, 1.165) is 34.8 Å². The van der Waals surface area contributed by atoms with E-state index in [1.807, 2.05) is 13.8 Å². The molecule has 3 nitrogen and oxygen atoms in total. The number of nitrogens with one attached hydrogen (secondary N) is 1. The number of aryl methyl sites for hydroxylation is 2. The Bertz CT molecular complexity index is 474. The van der Waals surface area contributed by atoms with E-state index < -0.39 is 0 Å². The highest BCUT2D eigenvalue weighted by atomic mass is 35.5. The number of aromatic nitrogens is 1. The van der Waals surface area contributed by atoms with Crippen molar-refractivity contribution in [3.05, 3.63) is 15.6 Å². The van der Waals surface area contributed by atoms with E-state index in [0.29, 0.717) is 11.8 Å². The standard InChI is InChI=1S/C14H21ClN2OS/c1-9-5-4-6-14(7-9,8-15)17-13(18)12-10(2)16-11(3)19-12/h9H,4-8H2,1-3H3,(H,17,18). The molecular weight excluding hydrogens is 280 g/mol. The molecule has 2 atom stereocenters. The molecule has 1 heterocycles. The van der Waals surface area contributed by atoms with Gasteiger partial charge in [-0.15, -0.1) is 22.9 Å². The minimum Gasteiger partial charge on any atom is -0.345 e. The Morgan fingerprint density at radius 2 is 2.32 bits per heavy atom. The summed E-state index contributed by atoms with van der Waals surface area (Å²) in [5.41, 5.74) is 0.578. The average Bonchev–Trinajstić information content (AvgIpc) is 2.68. The third kappa shape index (κ3) is 3.29. The summed E-state index contributed by atoms with van der Waals surface area (Å²) < 4.78 is 0. The smallest absolute Gasteiger partial charge is 0.263 e. The Labute approximate surface area is 123 Å². The summed E-state index contributed by atoms with van der Waals surface area (Å²) in [6.07, 6.45) is 4.31. The van der Waals surface area contributed by atoms with Crippen molar-refractivity contribution in [3.63, 3.8) is 0 Å². The third-order valence-electron chi connectivity index (χ3n) is 3.84. The molecule has 0 aliphatic heterocycles. The van der Waals surface area contributed by atoms with Gasteiger partial charge in [0.1, 0.15) is 4.88 Å². The maximum atomic E-state index is 12.4. The van der Waals surface area contributed by atoms with Crippen LogP contribution in [0.15, 0.2) is 0 Å². The van der Waals surface area contributed by atoms with Crippen LogP contribution in [-0.2, 0) is 0 Å². The van der Waals surface area contributed by atoms with Crippen LogP contribution in [0.2, 0.25) is 0 Å². The van der Waals surface area contributed by atoms with Gasteiger partial charge in [-0.25, -0.2) is 4.98 Å². The van der Waals surface area contributed by atoms with Crippen LogP contribution in [0.3, 0.4) is 0 Å². The Morgan fingerprint density at radius 1 is 1.58 bits per heavy atom. The van der Waals surface area contributed by atoms with Crippen LogP contribution >= 0.6 is 22.9 Å². The van der Waals surface area contributed by atoms with Gasteiger partial charge in [0.25, 0.3) is 5.91 Å². The zero-order valence-electron chi connectivity index (χ0n) is 11.8. The zero-order chi connectivity index (χ0) is 14.0. The molecule has 19 heavy (non-hydrogen) atoms. The molecule has 0 aromatic carbocycles. The minimum absolute atomic E-state index is 0.0159. The highest BCUT2D eigenvalue weighted by Crippen LogP contribution is 2.33. The van der Waals surface area contributed by atoms with Crippen LogP contribution in [0.5, 0.6) is 0 Å². The molecule has 1 aliphatic carbocycles. The lowest BCUT2D eigenvalue weighted by Crippen LogP contribution is -2.52. The van der Waals surface area contributed by atoms with Crippen molar-refractivity contribution in [2.45, 2.75) is 52.0 Å². The SMILES string of the molecule is Cc1nc(C)c(C(=O)NC2(CCl)CCCC(C)C2)s1. The second kappa shape index (κ2) is 5.80. The quantitative estimate of drug-likeness (QED) is 0.865. The molecule has 1 saturated carbocycles. The van der Waals surface area contributed by atoms with Gasteiger partial charge >= 0.3 is 0 Å². The molecule has 0 spiro atoms. The van der Waals surface area contributed by atoms with Crippen molar-refractivity contribution in [1.29, 1.82) is 0 Å². The summed E-state index contributed by atoms with van der Waals surface area (Å²) in [6.45, 7) is 6.04. The highest BCUT2D eigenvalue weighted by Gasteiger charge is 2.36. The number of carbonyl (C=O) groups excluding carboxylic acids is 1. The zero-order valence-corrected chi connectivity index (χ0v) is 13.3. The molecule has 0 saturated heterocycles. The molecule has 1 aliphatic rings. The number of thiazole rings is 1. The van der Waals surface area contributed by atoms with E-state index in [-0.39, 0.29) is 11.4 Å². The summed E-state index contributed by atoms with van der Waals surface area (Å²) >= 11 is 7.61. The Kier molecular flexibility index (Phi) is 4.51. The van der Waals surface area contributed by atoms with E-state index >= 15 is 0 Å². The van der Waals surface area contributed by atoms with E-state index in [2.05, 4.69) is 17.2 Å². The largest absolute Gasteiger partial charge is 0.345 e. The fourth-order valence-corrected chi connectivity index (χ4v) is 4.09. The van der Waals surface area contributed by atoms with Gasteiger partial charge in [0.2, 0.25) is 0 Å². The van der Waals surface area contributed by atoms with Crippen LogP contribution < -0.4 is 5.32 Å². The average molecular weight is 301 g/mol. The third-order valence-corrected chi connectivity index (χ3v) is 5.42. The molecule has 2 unspecified atom stereocenters. The molecular formula is C14H21ClN2OS. The maximum absolute atomic E-state index is 12.4. The minimum atomic E-state index is -0.235. The first-order valence-electron chi connectivity index (χ1n) is 6.78. The van der Waals surface area contributed by atoms with Gasteiger partial charge < -0.3 is 5.32 Å².